The Balaban J connectivity index is 2.48. The molecule has 1 aromatic carbocycles. The summed E-state index contributed by atoms with van der Waals surface area (Å²) in [6, 6.07) is 5.89. The average Bonchev–Trinajstić information content (AvgIpc) is 2.72. The molecule has 0 aromatic heterocycles. The molecule has 0 saturated carbocycles. The second-order valence-electron chi connectivity index (χ2n) is 7.85. The van der Waals surface area contributed by atoms with Crippen LogP contribution in [0.3, 0.4) is 0 Å². The summed E-state index contributed by atoms with van der Waals surface area (Å²) < 4.78 is 57.4. The highest BCUT2D eigenvalue weighted by molar-refractivity contribution is 5.99. The minimum atomic E-state index is -5.06. The maximum atomic E-state index is 13.6. The van der Waals surface area contributed by atoms with Gasteiger partial charge >= 0.3 is 12.1 Å². The van der Waals surface area contributed by atoms with E-state index in [0.29, 0.717) is 18.8 Å². The van der Waals surface area contributed by atoms with E-state index in [0.717, 1.165) is 17.7 Å². The van der Waals surface area contributed by atoms with Crippen LogP contribution >= 0.6 is 0 Å². The summed E-state index contributed by atoms with van der Waals surface area (Å²) in [7, 11) is 1.46. The van der Waals surface area contributed by atoms with Crippen LogP contribution in [-0.2, 0) is 14.3 Å². The van der Waals surface area contributed by atoms with Crippen molar-refractivity contribution >= 4 is 11.6 Å². The van der Waals surface area contributed by atoms with E-state index in [1.54, 1.807) is 0 Å². The summed E-state index contributed by atoms with van der Waals surface area (Å²) >= 11 is 0. The third kappa shape index (κ3) is 5.98. The van der Waals surface area contributed by atoms with Crippen LogP contribution in [-0.4, -0.2) is 44.2 Å². The number of methoxy groups -OCH3 is 1. The molecule has 8 heteroatoms. The van der Waals surface area contributed by atoms with Gasteiger partial charge in [-0.3, -0.25) is 9.69 Å². The van der Waals surface area contributed by atoms with Crippen molar-refractivity contribution in [2.24, 2.45) is 5.92 Å². The summed E-state index contributed by atoms with van der Waals surface area (Å²) in [6.07, 6.45) is -1.47. The Labute approximate surface area is 175 Å². The van der Waals surface area contributed by atoms with Gasteiger partial charge in [0.15, 0.2) is 6.29 Å². The number of alkyl halides is 3. The Kier molecular flexibility index (Phi) is 8.32. The minimum absolute atomic E-state index is 0.0272. The van der Waals surface area contributed by atoms with Crippen molar-refractivity contribution in [3.8, 4) is 5.75 Å². The van der Waals surface area contributed by atoms with E-state index < -0.39 is 23.9 Å². The first-order valence-electron chi connectivity index (χ1n) is 10.0. The van der Waals surface area contributed by atoms with Gasteiger partial charge in [0.1, 0.15) is 5.75 Å². The lowest BCUT2D eigenvalue weighted by atomic mass is 9.86. The molecule has 0 bridgehead atoms. The van der Waals surface area contributed by atoms with Crippen LogP contribution in [0.4, 0.5) is 18.9 Å². The third-order valence-corrected chi connectivity index (χ3v) is 5.02. The lowest BCUT2D eigenvalue weighted by Crippen LogP contribution is -2.58. The van der Waals surface area contributed by atoms with Crippen LogP contribution in [0.1, 0.15) is 39.5 Å². The molecule has 5 nitrogen and oxygen atoms in total. The number of benzene rings is 1. The highest BCUT2D eigenvalue weighted by Gasteiger charge is 2.50. The first-order valence-corrected chi connectivity index (χ1v) is 10.0. The minimum Gasteiger partial charge on any atom is -0.497 e. The van der Waals surface area contributed by atoms with Crippen LogP contribution in [0, 0.1) is 5.92 Å². The largest absolute Gasteiger partial charge is 0.497 e. The number of carbonyl (C=O) groups is 1. The number of rotatable bonds is 9. The molecule has 1 amide bonds. The van der Waals surface area contributed by atoms with Crippen molar-refractivity contribution in [3.63, 3.8) is 0 Å². The van der Waals surface area contributed by atoms with Gasteiger partial charge in [-0.25, -0.2) is 0 Å². The molecule has 1 saturated heterocycles. The zero-order chi connectivity index (χ0) is 22.4. The first-order chi connectivity index (χ1) is 14.1. The number of nitrogens with zero attached hydrogens (tertiary/aromatic N) is 1. The van der Waals surface area contributed by atoms with E-state index in [1.165, 1.54) is 37.5 Å². The number of hydrogen-bond donors (Lipinski definition) is 0. The summed E-state index contributed by atoms with van der Waals surface area (Å²) in [5.74, 6) is -1.53. The van der Waals surface area contributed by atoms with E-state index in [1.807, 2.05) is 13.8 Å². The van der Waals surface area contributed by atoms with Crippen LogP contribution in [0.2, 0.25) is 0 Å². The van der Waals surface area contributed by atoms with Crippen LogP contribution in [0.25, 0.3) is 0 Å². The van der Waals surface area contributed by atoms with Crippen LogP contribution in [0.15, 0.2) is 36.9 Å². The lowest BCUT2D eigenvalue weighted by molar-refractivity contribution is -0.179. The molecule has 1 aliphatic rings. The molecule has 0 N–H and O–H groups in total. The monoisotopic (exact) mass is 429 g/mol. The van der Waals surface area contributed by atoms with Gasteiger partial charge in [0.05, 0.1) is 19.3 Å². The maximum Gasteiger partial charge on any atom is 0.471 e. The topological polar surface area (TPSA) is 48.0 Å². The molecule has 1 aromatic rings. The molecule has 2 atom stereocenters. The van der Waals surface area contributed by atoms with Crippen LogP contribution < -0.4 is 9.64 Å². The summed E-state index contributed by atoms with van der Waals surface area (Å²) in [5.41, 5.74) is -1.32. The Morgan fingerprint density at radius 3 is 2.43 bits per heavy atom. The third-order valence-electron chi connectivity index (χ3n) is 5.02. The molecular weight excluding hydrogens is 399 g/mol. The van der Waals surface area contributed by atoms with Gasteiger partial charge in [0, 0.05) is 12.3 Å². The Morgan fingerprint density at radius 1 is 1.30 bits per heavy atom. The van der Waals surface area contributed by atoms with Crippen molar-refractivity contribution in [1.29, 1.82) is 0 Å². The summed E-state index contributed by atoms with van der Waals surface area (Å²) in [6.45, 7) is 7.92. The first kappa shape index (κ1) is 24.2. The molecule has 0 spiro atoms. The van der Waals surface area contributed by atoms with Crippen molar-refractivity contribution < 1.29 is 32.2 Å². The second kappa shape index (κ2) is 10.3. The van der Waals surface area contributed by atoms with Gasteiger partial charge in [0.25, 0.3) is 0 Å². The highest BCUT2D eigenvalue weighted by atomic mass is 19.4. The SMILES string of the molecule is C=C[C@](COC1CCCCO1)(CC(C)C)N(C(=O)C(F)(F)F)c1ccc(OC)cc1. The maximum absolute atomic E-state index is 13.6. The molecule has 2 rings (SSSR count). The summed E-state index contributed by atoms with van der Waals surface area (Å²) in [5, 5.41) is 0. The number of amides is 1. The lowest BCUT2D eigenvalue weighted by Gasteiger charge is -2.43. The van der Waals surface area contributed by atoms with Crippen molar-refractivity contribution in [2.75, 3.05) is 25.2 Å². The predicted octanol–water partition coefficient (Wildman–Crippen LogP) is 5.10. The smallest absolute Gasteiger partial charge is 0.471 e. The fourth-order valence-electron chi connectivity index (χ4n) is 3.67. The van der Waals surface area contributed by atoms with E-state index in [4.69, 9.17) is 14.2 Å². The molecule has 168 valence electrons. The Bertz CT molecular complexity index is 699. The van der Waals surface area contributed by atoms with Gasteiger partial charge in [-0.05, 0) is 55.9 Å². The van der Waals surface area contributed by atoms with E-state index in [2.05, 4.69) is 6.58 Å². The van der Waals surface area contributed by atoms with Gasteiger partial charge in [-0.1, -0.05) is 19.9 Å². The number of anilines is 1. The molecule has 0 aliphatic carbocycles. The highest BCUT2D eigenvalue weighted by Crippen LogP contribution is 2.36. The predicted molar refractivity (Wildman–Crippen MR) is 108 cm³/mol. The fraction of sp³-hybridized carbons (Fsp3) is 0.591. The van der Waals surface area contributed by atoms with Gasteiger partial charge < -0.3 is 14.2 Å². The van der Waals surface area contributed by atoms with E-state index >= 15 is 0 Å². The van der Waals surface area contributed by atoms with E-state index in [-0.39, 0.29) is 24.6 Å². The normalized spacial score (nSPS) is 19.2. The zero-order valence-corrected chi connectivity index (χ0v) is 17.7. The number of halogens is 3. The number of hydrogen-bond acceptors (Lipinski definition) is 4. The van der Waals surface area contributed by atoms with Gasteiger partial charge in [-0.2, -0.15) is 13.2 Å². The Hall–Kier alpha value is -2.06. The zero-order valence-electron chi connectivity index (χ0n) is 17.7. The van der Waals surface area contributed by atoms with Crippen molar-refractivity contribution in [3.05, 3.63) is 36.9 Å². The molecule has 1 aliphatic heterocycles. The van der Waals surface area contributed by atoms with Crippen LogP contribution in [0.5, 0.6) is 5.75 Å². The van der Waals surface area contributed by atoms with Gasteiger partial charge in [-0.15, -0.1) is 6.58 Å². The van der Waals surface area contributed by atoms with Crippen molar-refractivity contribution in [2.45, 2.75) is 57.5 Å². The van der Waals surface area contributed by atoms with Gasteiger partial charge in [0.2, 0.25) is 0 Å². The quantitative estimate of drug-likeness (QED) is 0.512. The van der Waals surface area contributed by atoms with E-state index in [9.17, 15) is 18.0 Å². The summed E-state index contributed by atoms with van der Waals surface area (Å²) in [4.78, 5) is 13.3. The van der Waals surface area contributed by atoms with Crippen molar-refractivity contribution in [1.82, 2.24) is 0 Å². The second-order valence-corrected chi connectivity index (χ2v) is 7.85. The molecule has 1 fully saturated rings. The fourth-order valence-corrected chi connectivity index (χ4v) is 3.67. The number of carbonyl (C=O) groups excluding carboxylic acids is 1. The average molecular weight is 429 g/mol. The molecule has 1 heterocycles. The molecule has 0 radical (unpaired) electrons. The Morgan fingerprint density at radius 2 is 1.97 bits per heavy atom. The molecule has 30 heavy (non-hydrogen) atoms. The number of ether oxygens (including phenoxy) is 3. The standard InChI is InChI=1S/C22H30F3NO4/c1-5-21(14-16(2)3,15-30-19-8-6-7-13-29-19)26(20(27)22(23,24)25)17-9-11-18(28-4)12-10-17/h5,9-12,16,19H,1,6-8,13-15H2,2-4H3/t19?,21-/m1/s1. The molecule has 1 unspecified atom stereocenters. The molecular formula is C22H30F3NO4.